The van der Waals surface area contributed by atoms with Crippen molar-refractivity contribution in [3.63, 3.8) is 0 Å². The van der Waals surface area contributed by atoms with Gasteiger partial charge in [0, 0.05) is 12.5 Å². The summed E-state index contributed by atoms with van der Waals surface area (Å²) in [6.07, 6.45) is 2.83. The van der Waals surface area contributed by atoms with Crippen LogP contribution in [0.15, 0.2) is 58.7 Å². The lowest BCUT2D eigenvalue weighted by molar-refractivity contribution is -0.652. The fourth-order valence-electron chi connectivity index (χ4n) is 2.67. The molecule has 118 valence electrons. The molecule has 0 radical (unpaired) electrons. The first kappa shape index (κ1) is 15.3. The molecular formula is C20H22NO2+. The van der Waals surface area contributed by atoms with Crippen LogP contribution >= 0.6 is 0 Å². The molecule has 0 spiro atoms. The molecule has 0 aliphatic rings. The fraction of sp³-hybridized carbons (Fsp3) is 0.250. The predicted molar refractivity (Wildman–Crippen MR) is 92.7 cm³/mol. The molecule has 3 heteroatoms. The van der Waals surface area contributed by atoms with E-state index in [1.807, 2.05) is 32.2 Å². The Kier molecular flexibility index (Phi) is 4.47. The van der Waals surface area contributed by atoms with Crippen molar-refractivity contribution in [3.05, 3.63) is 60.2 Å². The number of ether oxygens (including phenoxy) is 1. The quantitative estimate of drug-likeness (QED) is 0.504. The van der Waals surface area contributed by atoms with Gasteiger partial charge in [-0.25, -0.2) is 0 Å². The van der Waals surface area contributed by atoms with E-state index < -0.39 is 0 Å². The third-order valence-electron chi connectivity index (χ3n) is 3.94. The van der Waals surface area contributed by atoms with Gasteiger partial charge in [0.25, 0.3) is 5.52 Å². The van der Waals surface area contributed by atoms with Gasteiger partial charge in [0.1, 0.15) is 12.8 Å². The minimum absolute atomic E-state index is 0.668. The number of allylic oxidation sites excluding steroid dienone is 1. The highest BCUT2D eigenvalue weighted by Crippen LogP contribution is 2.24. The summed E-state index contributed by atoms with van der Waals surface area (Å²) in [6, 6.07) is 16.7. The summed E-state index contributed by atoms with van der Waals surface area (Å²) >= 11 is 0. The molecule has 3 rings (SSSR count). The van der Waals surface area contributed by atoms with Gasteiger partial charge in [0.15, 0.2) is 0 Å². The van der Waals surface area contributed by atoms with E-state index in [2.05, 4.69) is 47.9 Å². The van der Waals surface area contributed by atoms with E-state index >= 15 is 0 Å². The summed E-state index contributed by atoms with van der Waals surface area (Å²) in [5.41, 5.74) is 4.34. The Hall–Kier alpha value is -2.55. The van der Waals surface area contributed by atoms with E-state index in [-0.39, 0.29) is 0 Å². The van der Waals surface area contributed by atoms with Crippen LogP contribution in [0.3, 0.4) is 0 Å². The predicted octanol–water partition coefficient (Wildman–Crippen LogP) is 4.71. The maximum Gasteiger partial charge on any atom is 0.377 e. The fourth-order valence-corrected chi connectivity index (χ4v) is 2.67. The molecule has 0 N–H and O–H groups in total. The van der Waals surface area contributed by atoms with E-state index in [0.29, 0.717) is 6.61 Å². The lowest BCUT2D eigenvalue weighted by atomic mass is 10.1. The van der Waals surface area contributed by atoms with E-state index in [4.69, 9.17) is 9.15 Å². The monoisotopic (exact) mass is 308 g/mol. The van der Waals surface area contributed by atoms with Crippen LogP contribution in [0, 0.1) is 0 Å². The molecule has 0 saturated heterocycles. The largest absolute Gasteiger partial charge is 0.498 e. The van der Waals surface area contributed by atoms with Crippen LogP contribution < -0.4 is 4.57 Å². The first-order chi connectivity index (χ1) is 11.2. The number of nitrogens with zero attached hydrogens (tertiary/aromatic N) is 1. The van der Waals surface area contributed by atoms with Gasteiger partial charge in [-0.2, -0.15) is 4.57 Å². The van der Waals surface area contributed by atoms with Gasteiger partial charge in [-0.05, 0) is 24.1 Å². The van der Waals surface area contributed by atoms with Gasteiger partial charge in [-0.3, -0.25) is 0 Å². The maximum atomic E-state index is 5.97. The number of aromatic nitrogens is 1. The highest BCUT2D eigenvalue weighted by atomic mass is 16.5. The van der Waals surface area contributed by atoms with E-state index in [0.717, 1.165) is 29.2 Å². The Morgan fingerprint density at radius 3 is 2.57 bits per heavy atom. The molecule has 0 aliphatic heterocycles. The second-order valence-electron chi connectivity index (χ2n) is 5.45. The molecule has 0 bridgehead atoms. The molecule has 1 heterocycles. The number of benzene rings is 2. The van der Waals surface area contributed by atoms with Crippen molar-refractivity contribution in [3.8, 4) is 11.1 Å². The summed E-state index contributed by atoms with van der Waals surface area (Å²) in [4.78, 5) is 0. The number of hydrogen-bond donors (Lipinski definition) is 0. The highest BCUT2D eigenvalue weighted by Gasteiger charge is 2.18. The zero-order valence-electron chi connectivity index (χ0n) is 13.9. The average Bonchev–Trinajstić information content (AvgIpc) is 2.90. The van der Waals surface area contributed by atoms with Crippen molar-refractivity contribution in [2.75, 3.05) is 6.61 Å². The maximum absolute atomic E-state index is 5.97. The molecule has 3 nitrogen and oxygen atoms in total. The number of aryl methyl sites for hydroxylation is 1. The lowest BCUT2D eigenvalue weighted by Crippen LogP contribution is -2.29. The zero-order valence-corrected chi connectivity index (χ0v) is 13.9. The Labute approximate surface area is 136 Å². The molecule has 0 saturated carbocycles. The smallest absolute Gasteiger partial charge is 0.377 e. The number of rotatable bonds is 5. The minimum atomic E-state index is 0.668. The van der Waals surface area contributed by atoms with Crippen LogP contribution in [0.4, 0.5) is 0 Å². The first-order valence-corrected chi connectivity index (χ1v) is 8.04. The minimum Gasteiger partial charge on any atom is -0.498 e. The molecule has 3 aromatic rings. The third-order valence-corrected chi connectivity index (χ3v) is 3.94. The van der Waals surface area contributed by atoms with E-state index in [1.165, 1.54) is 11.1 Å². The van der Waals surface area contributed by atoms with Crippen LogP contribution in [-0.4, -0.2) is 6.61 Å². The Morgan fingerprint density at radius 1 is 1.09 bits per heavy atom. The van der Waals surface area contributed by atoms with Gasteiger partial charge in [0.2, 0.25) is 5.58 Å². The summed E-state index contributed by atoms with van der Waals surface area (Å²) < 4.78 is 13.7. The molecule has 0 atom stereocenters. The van der Waals surface area contributed by atoms with Crippen molar-refractivity contribution in [1.29, 1.82) is 0 Å². The van der Waals surface area contributed by atoms with E-state index in [1.54, 1.807) is 0 Å². The molecule has 23 heavy (non-hydrogen) atoms. The van der Waals surface area contributed by atoms with E-state index in [9.17, 15) is 0 Å². The Morgan fingerprint density at radius 2 is 1.87 bits per heavy atom. The molecule has 0 aliphatic carbocycles. The number of oxazole rings is 1. The second-order valence-corrected chi connectivity index (χ2v) is 5.45. The second kappa shape index (κ2) is 6.69. The van der Waals surface area contributed by atoms with Gasteiger partial charge in [0.05, 0.1) is 12.7 Å². The topological polar surface area (TPSA) is 26.2 Å². The average molecular weight is 308 g/mol. The van der Waals surface area contributed by atoms with Crippen molar-refractivity contribution in [2.24, 2.45) is 7.05 Å². The number of fused-ring (bicyclic) bond motifs is 1. The summed E-state index contributed by atoms with van der Waals surface area (Å²) in [6.45, 7) is 4.74. The van der Waals surface area contributed by atoms with Crippen LogP contribution in [-0.2, 0) is 11.8 Å². The summed E-state index contributed by atoms with van der Waals surface area (Å²) in [5.74, 6) is 1.74. The third kappa shape index (κ3) is 3.14. The Bertz CT molecular complexity index is 831. The van der Waals surface area contributed by atoms with Crippen molar-refractivity contribution >= 4 is 17.2 Å². The van der Waals surface area contributed by atoms with Gasteiger partial charge in [-0.1, -0.05) is 43.3 Å². The summed E-state index contributed by atoms with van der Waals surface area (Å²) in [5, 5.41) is 0. The van der Waals surface area contributed by atoms with Crippen LogP contribution in [0.25, 0.3) is 28.3 Å². The van der Waals surface area contributed by atoms with Crippen LogP contribution in [0.5, 0.6) is 0 Å². The molecular weight excluding hydrogens is 286 g/mol. The van der Waals surface area contributed by atoms with Crippen LogP contribution in [0.1, 0.15) is 26.2 Å². The molecule has 2 aromatic carbocycles. The molecule has 0 unspecified atom stereocenters. The first-order valence-electron chi connectivity index (χ1n) is 8.04. The summed E-state index contributed by atoms with van der Waals surface area (Å²) in [7, 11) is 2.02. The SMILES string of the molecule is CCO/C(=C\c1oc2ccc(-c3ccccc3)cc2[n+]1C)CC. The zero-order chi connectivity index (χ0) is 16.2. The molecule has 0 amide bonds. The lowest BCUT2D eigenvalue weighted by Gasteiger charge is -2.02. The van der Waals surface area contributed by atoms with Crippen molar-refractivity contribution in [1.82, 2.24) is 0 Å². The number of hydrogen-bond acceptors (Lipinski definition) is 2. The van der Waals surface area contributed by atoms with Crippen molar-refractivity contribution < 1.29 is 13.7 Å². The highest BCUT2D eigenvalue weighted by molar-refractivity contribution is 5.78. The normalized spacial score (nSPS) is 11.9. The molecule has 1 aromatic heterocycles. The van der Waals surface area contributed by atoms with Gasteiger partial charge in [-0.15, -0.1) is 0 Å². The van der Waals surface area contributed by atoms with Gasteiger partial charge < -0.3 is 9.15 Å². The van der Waals surface area contributed by atoms with Crippen molar-refractivity contribution in [2.45, 2.75) is 20.3 Å². The molecule has 0 fully saturated rings. The Balaban J connectivity index is 2.06. The van der Waals surface area contributed by atoms with Crippen LogP contribution in [0.2, 0.25) is 0 Å². The standard InChI is InChI=1S/C20H22NO2/c1-4-17(22-5-2)14-20-21(3)18-13-16(11-12-19(18)23-20)15-9-7-6-8-10-15/h6-14H,4-5H2,1-3H3/q+1/b17-14-. The van der Waals surface area contributed by atoms with Gasteiger partial charge >= 0.3 is 5.89 Å².